The van der Waals surface area contributed by atoms with Crippen LogP contribution >= 0.6 is 0 Å². The highest BCUT2D eigenvalue weighted by Crippen LogP contribution is 2.28. The molecule has 3 heteroatoms. The molecule has 2 aromatic rings. The van der Waals surface area contributed by atoms with Crippen molar-refractivity contribution in [3.63, 3.8) is 0 Å². The smallest absolute Gasteiger partial charge is 0.120 e. The first-order chi connectivity index (χ1) is 8.67. The standard InChI is InChI=1S/C15H22N2O/c1-11(2)17-13(5-4-8-16)9-12-6-7-14(18-3)10-15(12)17/h6-7,9-11H,4-5,8,16H2,1-3H3. The Kier molecular flexibility index (Phi) is 3.92. The van der Waals surface area contributed by atoms with Gasteiger partial charge in [0.2, 0.25) is 0 Å². The van der Waals surface area contributed by atoms with Crippen molar-refractivity contribution in [1.29, 1.82) is 0 Å². The summed E-state index contributed by atoms with van der Waals surface area (Å²) in [6, 6.07) is 8.96. The van der Waals surface area contributed by atoms with Crippen molar-refractivity contribution < 1.29 is 4.74 Å². The minimum absolute atomic E-state index is 0.447. The molecule has 18 heavy (non-hydrogen) atoms. The summed E-state index contributed by atoms with van der Waals surface area (Å²) < 4.78 is 7.70. The number of fused-ring (bicyclic) bond motifs is 1. The van der Waals surface area contributed by atoms with Gasteiger partial charge in [0.15, 0.2) is 0 Å². The van der Waals surface area contributed by atoms with E-state index in [0.29, 0.717) is 6.04 Å². The van der Waals surface area contributed by atoms with E-state index in [4.69, 9.17) is 10.5 Å². The second-order valence-electron chi connectivity index (χ2n) is 4.92. The monoisotopic (exact) mass is 246 g/mol. The Balaban J connectivity index is 2.53. The zero-order valence-corrected chi connectivity index (χ0v) is 11.4. The lowest BCUT2D eigenvalue weighted by molar-refractivity contribution is 0.415. The maximum atomic E-state index is 5.61. The van der Waals surface area contributed by atoms with Gasteiger partial charge in [0.25, 0.3) is 0 Å². The van der Waals surface area contributed by atoms with Gasteiger partial charge in [0.1, 0.15) is 5.75 Å². The molecule has 0 saturated heterocycles. The number of aromatic nitrogens is 1. The van der Waals surface area contributed by atoms with E-state index in [1.165, 1.54) is 16.6 Å². The quantitative estimate of drug-likeness (QED) is 0.880. The third-order valence-corrected chi connectivity index (χ3v) is 3.28. The first kappa shape index (κ1) is 13.0. The highest BCUT2D eigenvalue weighted by Gasteiger charge is 2.11. The molecule has 0 saturated carbocycles. The van der Waals surface area contributed by atoms with Crippen LogP contribution in [-0.4, -0.2) is 18.2 Å². The van der Waals surface area contributed by atoms with E-state index in [2.05, 4.69) is 36.6 Å². The van der Waals surface area contributed by atoms with E-state index < -0.39 is 0 Å². The third-order valence-electron chi connectivity index (χ3n) is 3.28. The van der Waals surface area contributed by atoms with Crippen LogP contribution in [0.4, 0.5) is 0 Å². The molecule has 0 unspecified atom stereocenters. The number of hydrogen-bond donors (Lipinski definition) is 1. The first-order valence-corrected chi connectivity index (χ1v) is 6.55. The Morgan fingerprint density at radius 2 is 2.06 bits per heavy atom. The number of ether oxygens (including phenoxy) is 1. The maximum absolute atomic E-state index is 5.61. The Hall–Kier alpha value is -1.48. The summed E-state index contributed by atoms with van der Waals surface area (Å²) in [6.45, 7) is 5.17. The number of nitrogens with zero attached hydrogens (tertiary/aromatic N) is 1. The van der Waals surface area contributed by atoms with E-state index in [-0.39, 0.29) is 0 Å². The summed E-state index contributed by atoms with van der Waals surface area (Å²) in [5.41, 5.74) is 8.22. The van der Waals surface area contributed by atoms with Crippen molar-refractivity contribution >= 4 is 10.9 Å². The predicted molar refractivity (Wildman–Crippen MR) is 76.3 cm³/mol. The Morgan fingerprint density at radius 1 is 1.28 bits per heavy atom. The number of benzene rings is 1. The van der Waals surface area contributed by atoms with Gasteiger partial charge in [0, 0.05) is 23.2 Å². The Morgan fingerprint density at radius 3 is 2.67 bits per heavy atom. The zero-order valence-electron chi connectivity index (χ0n) is 11.4. The number of methoxy groups -OCH3 is 1. The van der Waals surface area contributed by atoms with Crippen molar-refractivity contribution in [2.75, 3.05) is 13.7 Å². The van der Waals surface area contributed by atoms with Crippen LogP contribution in [0.1, 0.15) is 32.0 Å². The molecule has 0 radical (unpaired) electrons. The van der Waals surface area contributed by atoms with Crippen LogP contribution in [0, 0.1) is 0 Å². The van der Waals surface area contributed by atoms with Crippen LogP contribution < -0.4 is 10.5 Å². The van der Waals surface area contributed by atoms with Gasteiger partial charge in [-0.15, -0.1) is 0 Å². The molecular weight excluding hydrogens is 224 g/mol. The number of nitrogens with two attached hydrogens (primary N) is 1. The first-order valence-electron chi connectivity index (χ1n) is 6.55. The Labute approximate surface area is 109 Å². The second-order valence-corrected chi connectivity index (χ2v) is 4.92. The zero-order chi connectivity index (χ0) is 13.1. The summed E-state index contributed by atoms with van der Waals surface area (Å²) in [5.74, 6) is 0.910. The lowest BCUT2D eigenvalue weighted by Gasteiger charge is -2.15. The topological polar surface area (TPSA) is 40.2 Å². The molecule has 1 heterocycles. The molecular formula is C15H22N2O. The maximum Gasteiger partial charge on any atom is 0.120 e. The van der Waals surface area contributed by atoms with Crippen LogP contribution in [0.5, 0.6) is 5.75 Å². The third kappa shape index (κ3) is 2.36. The summed E-state index contributed by atoms with van der Waals surface area (Å²) in [7, 11) is 1.71. The van der Waals surface area contributed by atoms with E-state index >= 15 is 0 Å². The van der Waals surface area contributed by atoms with Crippen molar-refractivity contribution in [3.05, 3.63) is 30.0 Å². The fourth-order valence-electron chi connectivity index (χ4n) is 2.47. The molecule has 0 bridgehead atoms. The SMILES string of the molecule is COc1ccc2cc(CCCN)n(C(C)C)c2c1. The van der Waals surface area contributed by atoms with E-state index in [1.54, 1.807) is 7.11 Å². The molecule has 0 aliphatic rings. The van der Waals surface area contributed by atoms with E-state index in [9.17, 15) is 0 Å². The molecule has 0 amide bonds. The van der Waals surface area contributed by atoms with E-state index in [1.807, 2.05) is 6.07 Å². The molecule has 98 valence electrons. The lowest BCUT2D eigenvalue weighted by Crippen LogP contribution is -2.08. The largest absolute Gasteiger partial charge is 0.497 e. The van der Waals surface area contributed by atoms with Crippen LogP contribution in [0.2, 0.25) is 0 Å². The van der Waals surface area contributed by atoms with Gasteiger partial charge >= 0.3 is 0 Å². The van der Waals surface area contributed by atoms with Gasteiger partial charge in [-0.05, 0) is 51.4 Å². The molecule has 2 N–H and O–H groups in total. The molecule has 0 aliphatic heterocycles. The van der Waals surface area contributed by atoms with Gasteiger partial charge in [-0.1, -0.05) is 0 Å². The van der Waals surface area contributed by atoms with Gasteiger partial charge in [0.05, 0.1) is 12.6 Å². The van der Waals surface area contributed by atoms with Crippen LogP contribution in [0.15, 0.2) is 24.3 Å². The van der Waals surface area contributed by atoms with Crippen LogP contribution in [-0.2, 0) is 6.42 Å². The van der Waals surface area contributed by atoms with Gasteiger partial charge in [-0.25, -0.2) is 0 Å². The van der Waals surface area contributed by atoms with Crippen molar-refractivity contribution in [3.8, 4) is 5.75 Å². The van der Waals surface area contributed by atoms with Crippen molar-refractivity contribution in [1.82, 2.24) is 4.57 Å². The summed E-state index contributed by atoms with van der Waals surface area (Å²) in [4.78, 5) is 0. The summed E-state index contributed by atoms with van der Waals surface area (Å²) >= 11 is 0. The molecule has 2 rings (SSSR count). The average molecular weight is 246 g/mol. The fraction of sp³-hybridized carbons (Fsp3) is 0.467. The molecule has 0 spiro atoms. The lowest BCUT2D eigenvalue weighted by atomic mass is 10.2. The van der Waals surface area contributed by atoms with Gasteiger partial charge < -0.3 is 15.0 Å². The molecule has 0 fully saturated rings. The van der Waals surface area contributed by atoms with Crippen LogP contribution in [0.25, 0.3) is 10.9 Å². The summed E-state index contributed by atoms with van der Waals surface area (Å²) in [5, 5.41) is 1.27. The predicted octanol–water partition coefficient (Wildman–Crippen LogP) is 3.12. The molecule has 1 aromatic heterocycles. The average Bonchev–Trinajstić information content (AvgIpc) is 2.73. The van der Waals surface area contributed by atoms with E-state index in [0.717, 1.165) is 25.1 Å². The number of hydrogen-bond acceptors (Lipinski definition) is 2. The minimum atomic E-state index is 0.447. The highest BCUT2D eigenvalue weighted by molar-refractivity contribution is 5.83. The van der Waals surface area contributed by atoms with Crippen LogP contribution in [0.3, 0.4) is 0 Å². The Bertz CT molecular complexity index is 529. The normalized spacial score (nSPS) is 11.4. The van der Waals surface area contributed by atoms with Crippen molar-refractivity contribution in [2.45, 2.75) is 32.7 Å². The van der Waals surface area contributed by atoms with Gasteiger partial charge in [-0.2, -0.15) is 0 Å². The molecule has 0 atom stereocenters. The highest BCUT2D eigenvalue weighted by atomic mass is 16.5. The number of rotatable bonds is 5. The molecule has 3 nitrogen and oxygen atoms in total. The molecule has 1 aromatic carbocycles. The minimum Gasteiger partial charge on any atom is -0.497 e. The van der Waals surface area contributed by atoms with Gasteiger partial charge in [-0.3, -0.25) is 0 Å². The van der Waals surface area contributed by atoms with Crippen molar-refractivity contribution in [2.24, 2.45) is 5.73 Å². The molecule has 0 aliphatic carbocycles. The second kappa shape index (κ2) is 5.44. The summed E-state index contributed by atoms with van der Waals surface area (Å²) in [6.07, 6.45) is 2.06. The fourth-order valence-corrected chi connectivity index (χ4v) is 2.47. The number of aryl methyl sites for hydroxylation is 1.